The highest BCUT2D eigenvalue weighted by Crippen LogP contribution is 2.40. The number of rotatable bonds is 6. The molecule has 0 aliphatic carbocycles. The predicted octanol–water partition coefficient (Wildman–Crippen LogP) is 1.11. The van der Waals surface area contributed by atoms with E-state index in [0.29, 0.717) is 17.2 Å². The third-order valence-corrected chi connectivity index (χ3v) is 5.22. The molecule has 2 heterocycles. The lowest BCUT2D eigenvalue weighted by atomic mass is 10.1. The van der Waals surface area contributed by atoms with Gasteiger partial charge in [-0.25, -0.2) is 0 Å². The summed E-state index contributed by atoms with van der Waals surface area (Å²) in [7, 11) is 4.88. The summed E-state index contributed by atoms with van der Waals surface area (Å²) in [5.41, 5.74) is 1.06. The first-order chi connectivity index (χ1) is 12.7. The average Bonchev–Trinajstić information content (AvgIpc) is 3.22. The maximum Gasteiger partial charge on any atom is 0.239 e. The summed E-state index contributed by atoms with van der Waals surface area (Å²) in [5.74, 6) is 2.24. The number of benzene rings is 1. The molecule has 26 heavy (non-hydrogen) atoms. The van der Waals surface area contributed by atoms with Crippen molar-refractivity contribution in [3.8, 4) is 17.2 Å². The normalized spacial score (nSPS) is 20.9. The van der Waals surface area contributed by atoms with E-state index in [9.17, 15) is 4.79 Å². The summed E-state index contributed by atoms with van der Waals surface area (Å²) in [4.78, 5) is 16.8. The van der Waals surface area contributed by atoms with Crippen molar-refractivity contribution >= 4 is 5.91 Å². The molecule has 1 atom stereocenters. The van der Waals surface area contributed by atoms with E-state index in [4.69, 9.17) is 14.2 Å². The van der Waals surface area contributed by atoms with Gasteiger partial charge in [-0.2, -0.15) is 0 Å². The largest absolute Gasteiger partial charge is 0.493 e. The van der Waals surface area contributed by atoms with E-state index in [1.54, 1.807) is 21.3 Å². The molecule has 1 amide bonds. The fraction of sp³-hybridized carbons (Fsp3) is 0.632. The molecular formula is C19H29N3O4. The molecule has 144 valence electrons. The standard InChI is InChI=1S/C19H29N3O4/c1-24-16-7-6-14(17(25-2)18(16)26-3)13-21-9-11-22(12-10-21)19(23)15-5-4-8-20-15/h6-7,15,20H,4-5,8-13H2,1-3H3/t15-/m1/s1. The van der Waals surface area contributed by atoms with E-state index in [1.165, 1.54) is 0 Å². The van der Waals surface area contributed by atoms with Gasteiger partial charge in [-0.3, -0.25) is 9.69 Å². The first-order valence-corrected chi connectivity index (χ1v) is 9.20. The van der Waals surface area contributed by atoms with Crippen molar-refractivity contribution in [2.24, 2.45) is 0 Å². The van der Waals surface area contributed by atoms with Crippen LogP contribution in [-0.4, -0.2) is 75.8 Å². The molecule has 2 fully saturated rings. The number of hydrogen-bond donors (Lipinski definition) is 1. The highest BCUT2D eigenvalue weighted by molar-refractivity contribution is 5.82. The Balaban J connectivity index is 1.61. The van der Waals surface area contributed by atoms with Gasteiger partial charge in [-0.15, -0.1) is 0 Å². The van der Waals surface area contributed by atoms with Crippen LogP contribution >= 0.6 is 0 Å². The van der Waals surface area contributed by atoms with E-state index >= 15 is 0 Å². The van der Waals surface area contributed by atoms with Gasteiger partial charge in [0.05, 0.1) is 27.4 Å². The Labute approximate surface area is 155 Å². The zero-order chi connectivity index (χ0) is 18.5. The van der Waals surface area contributed by atoms with Crippen LogP contribution in [0.3, 0.4) is 0 Å². The molecule has 0 bridgehead atoms. The Morgan fingerprint density at radius 3 is 2.38 bits per heavy atom. The summed E-state index contributed by atoms with van der Waals surface area (Å²) >= 11 is 0. The molecule has 1 aromatic rings. The van der Waals surface area contributed by atoms with Gasteiger partial charge >= 0.3 is 0 Å². The Bertz CT molecular complexity index is 623. The van der Waals surface area contributed by atoms with Gasteiger partial charge < -0.3 is 24.4 Å². The van der Waals surface area contributed by atoms with Crippen LogP contribution in [0, 0.1) is 0 Å². The molecule has 2 aliphatic rings. The molecule has 7 heteroatoms. The number of methoxy groups -OCH3 is 3. The quantitative estimate of drug-likeness (QED) is 0.817. The Hall–Kier alpha value is -1.99. The molecule has 2 aliphatic heterocycles. The predicted molar refractivity (Wildman–Crippen MR) is 99.0 cm³/mol. The first kappa shape index (κ1) is 18.8. The lowest BCUT2D eigenvalue weighted by molar-refractivity contribution is -0.134. The number of amides is 1. The Morgan fingerprint density at radius 2 is 1.81 bits per heavy atom. The minimum absolute atomic E-state index is 0.0208. The van der Waals surface area contributed by atoms with Gasteiger partial charge in [0.25, 0.3) is 0 Å². The van der Waals surface area contributed by atoms with Crippen molar-refractivity contribution < 1.29 is 19.0 Å². The van der Waals surface area contributed by atoms with E-state index in [0.717, 1.165) is 57.7 Å². The fourth-order valence-corrected chi connectivity index (χ4v) is 3.77. The fourth-order valence-electron chi connectivity index (χ4n) is 3.77. The Morgan fingerprint density at radius 1 is 1.08 bits per heavy atom. The minimum atomic E-state index is 0.0208. The number of hydrogen-bond acceptors (Lipinski definition) is 6. The van der Waals surface area contributed by atoms with Crippen LogP contribution in [-0.2, 0) is 11.3 Å². The van der Waals surface area contributed by atoms with Gasteiger partial charge in [0.2, 0.25) is 11.7 Å². The molecule has 0 aromatic heterocycles. The van der Waals surface area contributed by atoms with Crippen LogP contribution in [0.1, 0.15) is 18.4 Å². The Kier molecular flexibility index (Phi) is 6.21. The molecule has 1 N–H and O–H groups in total. The van der Waals surface area contributed by atoms with Crippen LogP contribution < -0.4 is 19.5 Å². The third-order valence-electron chi connectivity index (χ3n) is 5.22. The number of nitrogens with one attached hydrogen (secondary N) is 1. The molecule has 2 saturated heterocycles. The SMILES string of the molecule is COc1ccc(CN2CCN(C(=O)[C@H]3CCCN3)CC2)c(OC)c1OC. The van der Waals surface area contributed by atoms with Crippen LogP contribution in [0.25, 0.3) is 0 Å². The van der Waals surface area contributed by atoms with Crippen LogP contribution in [0.5, 0.6) is 17.2 Å². The maximum atomic E-state index is 12.5. The second kappa shape index (κ2) is 8.60. The van der Waals surface area contributed by atoms with E-state index < -0.39 is 0 Å². The third kappa shape index (κ3) is 3.88. The number of ether oxygens (including phenoxy) is 3. The van der Waals surface area contributed by atoms with Gasteiger partial charge in [0, 0.05) is 38.3 Å². The van der Waals surface area contributed by atoms with Gasteiger partial charge in [-0.1, -0.05) is 6.07 Å². The lowest BCUT2D eigenvalue weighted by Gasteiger charge is -2.36. The number of piperazine rings is 1. The average molecular weight is 363 g/mol. The summed E-state index contributed by atoms with van der Waals surface area (Å²) in [6.45, 7) is 4.97. The highest BCUT2D eigenvalue weighted by atomic mass is 16.5. The van der Waals surface area contributed by atoms with Crippen LogP contribution in [0.4, 0.5) is 0 Å². The molecule has 3 rings (SSSR count). The molecule has 0 unspecified atom stereocenters. The maximum absolute atomic E-state index is 12.5. The second-order valence-corrected chi connectivity index (χ2v) is 6.74. The molecule has 7 nitrogen and oxygen atoms in total. The molecule has 0 spiro atoms. The first-order valence-electron chi connectivity index (χ1n) is 9.20. The van der Waals surface area contributed by atoms with E-state index in [2.05, 4.69) is 10.2 Å². The zero-order valence-electron chi connectivity index (χ0n) is 15.9. The highest BCUT2D eigenvalue weighted by Gasteiger charge is 2.29. The van der Waals surface area contributed by atoms with Crippen molar-refractivity contribution in [2.45, 2.75) is 25.4 Å². The summed E-state index contributed by atoms with van der Waals surface area (Å²) in [5, 5.41) is 3.30. The van der Waals surface area contributed by atoms with Gasteiger partial charge in [-0.05, 0) is 25.5 Å². The summed E-state index contributed by atoms with van der Waals surface area (Å²) < 4.78 is 16.4. The number of carbonyl (C=O) groups excluding carboxylic acids is 1. The number of carbonyl (C=O) groups is 1. The molecule has 0 radical (unpaired) electrons. The smallest absolute Gasteiger partial charge is 0.239 e. The number of nitrogens with zero attached hydrogens (tertiary/aromatic N) is 2. The molecule has 1 aromatic carbocycles. The van der Waals surface area contributed by atoms with Crippen molar-refractivity contribution in [1.29, 1.82) is 0 Å². The van der Waals surface area contributed by atoms with E-state index in [1.807, 2.05) is 17.0 Å². The lowest BCUT2D eigenvalue weighted by Crippen LogP contribution is -2.52. The topological polar surface area (TPSA) is 63.3 Å². The second-order valence-electron chi connectivity index (χ2n) is 6.74. The van der Waals surface area contributed by atoms with Crippen molar-refractivity contribution in [1.82, 2.24) is 15.1 Å². The van der Waals surface area contributed by atoms with Crippen LogP contribution in [0.2, 0.25) is 0 Å². The summed E-state index contributed by atoms with van der Waals surface area (Å²) in [6.07, 6.45) is 2.05. The minimum Gasteiger partial charge on any atom is -0.493 e. The van der Waals surface area contributed by atoms with E-state index in [-0.39, 0.29) is 11.9 Å². The van der Waals surface area contributed by atoms with Crippen molar-refractivity contribution in [2.75, 3.05) is 54.1 Å². The summed E-state index contributed by atoms with van der Waals surface area (Å²) in [6, 6.07) is 3.94. The molecule has 0 saturated carbocycles. The zero-order valence-corrected chi connectivity index (χ0v) is 15.9. The monoisotopic (exact) mass is 363 g/mol. The van der Waals surface area contributed by atoms with Crippen LogP contribution in [0.15, 0.2) is 12.1 Å². The van der Waals surface area contributed by atoms with Crippen molar-refractivity contribution in [3.05, 3.63) is 17.7 Å². The molecular weight excluding hydrogens is 334 g/mol. The van der Waals surface area contributed by atoms with Crippen molar-refractivity contribution in [3.63, 3.8) is 0 Å². The van der Waals surface area contributed by atoms with Gasteiger partial charge in [0.15, 0.2) is 11.5 Å². The van der Waals surface area contributed by atoms with Gasteiger partial charge in [0.1, 0.15) is 0 Å².